The van der Waals surface area contributed by atoms with E-state index in [9.17, 15) is 4.79 Å². The van der Waals surface area contributed by atoms with Gasteiger partial charge in [0.1, 0.15) is 0 Å². The largest absolute Gasteiger partial charge is 0.381 e. The molecule has 0 aromatic heterocycles. The van der Waals surface area contributed by atoms with Crippen LogP contribution in [0.15, 0.2) is 0 Å². The maximum Gasteiger partial charge on any atom is 0.314 e. The van der Waals surface area contributed by atoms with Crippen molar-refractivity contribution in [1.82, 2.24) is 10.6 Å². The molecule has 1 heterocycles. The number of hydrogen-bond acceptors (Lipinski definition) is 2. The van der Waals surface area contributed by atoms with E-state index in [4.69, 9.17) is 4.74 Å². The number of carbonyl (C=O) groups is 1. The number of ether oxygens (including phenoxy) is 1. The third-order valence-corrected chi connectivity index (χ3v) is 2.50. The van der Waals surface area contributed by atoms with Crippen molar-refractivity contribution in [3.8, 4) is 0 Å². The Balaban J connectivity index is 1.89. The Morgan fingerprint density at radius 2 is 2.13 bits per heavy atom. The van der Waals surface area contributed by atoms with Gasteiger partial charge in [-0.1, -0.05) is 13.8 Å². The lowest BCUT2D eigenvalue weighted by atomic mass is 10.1. The van der Waals surface area contributed by atoms with Crippen molar-refractivity contribution < 1.29 is 9.53 Å². The van der Waals surface area contributed by atoms with E-state index in [1.807, 2.05) is 0 Å². The van der Waals surface area contributed by atoms with Crippen molar-refractivity contribution >= 4 is 6.03 Å². The first-order valence-corrected chi connectivity index (χ1v) is 5.78. The summed E-state index contributed by atoms with van der Waals surface area (Å²) < 4.78 is 5.02. The van der Waals surface area contributed by atoms with E-state index in [1.165, 1.54) is 0 Å². The highest BCUT2D eigenvalue weighted by molar-refractivity contribution is 5.73. The van der Waals surface area contributed by atoms with Crippen LogP contribution in [0.5, 0.6) is 0 Å². The second-order valence-electron chi connectivity index (χ2n) is 4.58. The second-order valence-corrected chi connectivity index (χ2v) is 4.58. The fourth-order valence-corrected chi connectivity index (χ4v) is 1.41. The first-order chi connectivity index (χ1) is 7.18. The van der Waals surface area contributed by atoms with Gasteiger partial charge in [-0.25, -0.2) is 4.79 Å². The van der Waals surface area contributed by atoms with Crippen LogP contribution < -0.4 is 10.6 Å². The van der Waals surface area contributed by atoms with Crippen molar-refractivity contribution in [2.24, 2.45) is 11.8 Å². The van der Waals surface area contributed by atoms with Gasteiger partial charge in [0.2, 0.25) is 0 Å². The molecule has 0 unspecified atom stereocenters. The minimum absolute atomic E-state index is 0.0503. The van der Waals surface area contributed by atoms with Crippen molar-refractivity contribution in [2.45, 2.75) is 26.7 Å². The molecule has 1 aliphatic rings. The third kappa shape index (κ3) is 5.62. The molecule has 0 spiro atoms. The lowest BCUT2D eigenvalue weighted by Crippen LogP contribution is -2.43. The molecule has 0 aliphatic carbocycles. The molecule has 0 aromatic carbocycles. The standard InChI is InChI=1S/C11H22N2O2/c1-9(2)4-3-5-12-11(14)13-6-10-7-15-8-10/h9-10H,3-8H2,1-2H3,(H2,12,13,14). The highest BCUT2D eigenvalue weighted by Crippen LogP contribution is 2.07. The Kier molecular flexibility index (Phi) is 5.47. The van der Waals surface area contributed by atoms with Gasteiger partial charge in [-0.3, -0.25) is 0 Å². The fourth-order valence-electron chi connectivity index (χ4n) is 1.41. The average molecular weight is 214 g/mol. The molecule has 0 saturated carbocycles. The number of hydrogen-bond donors (Lipinski definition) is 2. The summed E-state index contributed by atoms with van der Waals surface area (Å²) in [6.07, 6.45) is 2.22. The summed E-state index contributed by atoms with van der Waals surface area (Å²) in [7, 11) is 0. The summed E-state index contributed by atoms with van der Waals surface area (Å²) in [6, 6.07) is -0.0503. The number of amides is 2. The minimum Gasteiger partial charge on any atom is -0.381 e. The van der Waals surface area contributed by atoms with E-state index in [-0.39, 0.29) is 6.03 Å². The first-order valence-electron chi connectivity index (χ1n) is 5.78. The van der Waals surface area contributed by atoms with Crippen LogP contribution in [0.1, 0.15) is 26.7 Å². The summed E-state index contributed by atoms with van der Waals surface area (Å²) in [5.74, 6) is 1.23. The van der Waals surface area contributed by atoms with Crippen molar-refractivity contribution in [3.63, 3.8) is 0 Å². The minimum atomic E-state index is -0.0503. The zero-order valence-electron chi connectivity index (χ0n) is 9.71. The molecule has 88 valence electrons. The lowest BCUT2D eigenvalue weighted by Gasteiger charge is -2.25. The normalized spacial score (nSPS) is 16.2. The summed E-state index contributed by atoms with van der Waals surface area (Å²) >= 11 is 0. The Bertz CT molecular complexity index is 191. The van der Waals surface area contributed by atoms with Gasteiger partial charge in [0.25, 0.3) is 0 Å². The summed E-state index contributed by atoms with van der Waals surface area (Å²) in [5, 5.41) is 5.69. The third-order valence-electron chi connectivity index (χ3n) is 2.50. The van der Waals surface area contributed by atoms with E-state index in [0.29, 0.717) is 11.8 Å². The van der Waals surface area contributed by atoms with E-state index < -0.39 is 0 Å². The van der Waals surface area contributed by atoms with Gasteiger partial charge in [0.05, 0.1) is 13.2 Å². The molecular weight excluding hydrogens is 192 g/mol. The molecule has 4 nitrogen and oxygen atoms in total. The van der Waals surface area contributed by atoms with E-state index in [1.54, 1.807) is 0 Å². The van der Waals surface area contributed by atoms with Gasteiger partial charge in [0, 0.05) is 19.0 Å². The molecule has 0 aromatic rings. The van der Waals surface area contributed by atoms with Gasteiger partial charge in [-0.2, -0.15) is 0 Å². The zero-order chi connectivity index (χ0) is 11.1. The van der Waals surface area contributed by atoms with Crippen molar-refractivity contribution in [1.29, 1.82) is 0 Å². The predicted molar refractivity (Wildman–Crippen MR) is 59.8 cm³/mol. The van der Waals surface area contributed by atoms with Gasteiger partial charge < -0.3 is 15.4 Å². The van der Waals surface area contributed by atoms with Crippen LogP contribution in [0.3, 0.4) is 0 Å². The molecule has 4 heteroatoms. The molecular formula is C11H22N2O2. The summed E-state index contributed by atoms with van der Waals surface area (Å²) in [4.78, 5) is 11.3. The van der Waals surface area contributed by atoms with Crippen LogP contribution >= 0.6 is 0 Å². The molecule has 15 heavy (non-hydrogen) atoms. The number of urea groups is 1. The maximum atomic E-state index is 11.3. The number of rotatable bonds is 6. The van der Waals surface area contributed by atoms with Crippen LogP contribution in [0.4, 0.5) is 4.79 Å². The SMILES string of the molecule is CC(C)CCCNC(=O)NCC1COC1. The van der Waals surface area contributed by atoms with Crippen LogP contribution in [0.2, 0.25) is 0 Å². The van der Waals surface area contributed by atoms with E-state index >= 15 is 0 Å². The summed E-state index contributed by atoms with van der Waals surface area (Å²) in [6.45, 7) is 7.45. The van der Waals surface area contributed by atoms with E-state index in [0.717, 1.165) is 39.1 Å². The number of carbonyl (C=O) groups excluding carboxylic acids is 1. The number of nitrogens with one attached hydrogen (secondary N) is 2. The van der Waals surface area contributed by atoms with Gasteiger partial charge in [-0.15, -0.1) is 0 Å². The van der Waals surface area contributed by atoms with Crippen LogP contribution in [-0.2, 0) is 4.74 Å². The van der Waals surface area contributed by atoms with Crippen molar-refractivity contribution in [3.05, 3.63) is 0 Å². The Morgan fingerprint density at radius 3 is 2.67 bits per heavy atom. The van der Waals surface area contributed by atoms with Crippen molar-refractivity contribution in [2.75, 3.05) is 26.3 Å². The van der Waals surface area contributed by atoms with Gasteiger partial charge in [-0.05, 0) is 18.8 Å². The first kappa shape index (κ1) is 12.3. The average Bonchev–Trinajstić information content (AvgIpc) is 2.09. The lowest BCUT2D eigenvalue weighted by molar-refractivity contribution is -0.0293. The highest BCUT2D eigenvalue weighted by Gasteiger charge is 2.18. The maximum absolute atomic E-state index is 11.3. The van der Waals surface area contributed by atoms with Gasteiger partial charge >= 0.3 is 6.03 Å². The molecule has 1 rings (SSSR count). The molecule has 0 bridgehead atoms. The molecule has 1 aliphatic heterocycles. The predicted octanol–water partition coefficient (Wildman–Crippen LogP) is 1.37. The zero-order valence-corrected chi connectivity index (χ0v) is 9.71. The quantitative estimate of drug-likeness (QED) is 0.656. The van der Waals surface area contributed by atoms with Crippen LogP contribution in [0.25, 0.3) is 0 Å². The fraction of sp³-hybridized carbons (Fsp3) is 0.909. The molecule has 0 radical (unpaired) electrons. The molecule has 2 amide bonds. The Labute approximate surface area is 91.8 Å². The van der Waals surface area contributed by atoms with E-state index in [2.05, 4.69) is 24.5 Å². The second kappa shape index (κ2) is 6.67. The summed E-state index contributed by atoms with van der Waals surface area (Å²) in [5.41, 5.74) is 0. The smallest absolute Gasteiger partial charge is 0.314 e. The van der Waals surface area contributed by atoms with Crippen LogP contribution in [-0.4, -0.2) is 32.3 Å². The molecule has 2 N–H and O–H groups in total. The van der Waals surface area contributed by atoms with Crippen LogP contribution in [0, 0.1) is 11.8 Å². The molecule has 1 saturated heterocycles. The Morgan fingerprint density at radius 1 is 1.40 bits per heavy atom. The van der Waals surface area contributed by atoms with Gasteiger partial charge in [0.15, 0.2) is 0 Å². The molecule has 0 atom stereocenters. The highest BCUT2D eigenvalue weighted by atomic mass is 16.5. The Hall–Kier alpha value is -0.770. The topological polar surface area (TPSA) is 50.4 Å². The monoisotopic (exact) mass is 214 g/mol. The molecule has 1 fully saturated rings.